The molecule has 130 valence electrons. The fourth-order valence-electron chi connectivity index (χ4n) is 2.82. The van der Waals surface area contributed by atoms with Crippen LogP contribution in [0.3, 0.4) is 0 Å². The lowest BCUT2D eigenvalue weighted by atomic mass is 10.0. The minimum absolute atomic E-state index is 0.256. The molecule has 0 saturated carbocycles. The van der Waals surface area contributed by atoms with Crippen molar-refractivity contribution in [1.82, 2.24) is 9.97 Å². The van der Waals surface area contributed by atoms with Gasteiger partial charge in [-0.2, -0.15) is 0 Å². The summed E-state index contributed by atoms with van der Waals surface area (Å²) in [5.74, 6) is 0.400. The van der Waals surface area contributed by atoms with Crippen LogP contribution in [0.4, 0.5) is 4.39 Å². The molecule has 0 unspecified atom stereocenters. The average molecular weight is 366 g/mol. The lowest BCUT2D eigenvalue weighted by molar-refractivity contribution is 0.602. The van der Waals surface area contributed by atoms with Crippen LogP contribution in [0.1, 0.15) is 0 Å². The van der Waals surface area contributed by atoms with Gasteiger partial charge in [-0.25, -0.2) is 17.8 Å². The number of H-pyrrole nitrogens is 1. The zero-order chi connectivity index (χ0) is 18.3. The molecule has 1 heterocycles. The maximum Gasteiger partial charge on any atom is 0.175 e. The lowest BCUT2D eigenvalue weighted by Gasteiger charge is -2.03. The maximum atomic E-state index is 13.0. The molecule has 0 fully saturated rings. The van der Waals surface area contributed by atoms with Gasteiger partial charge in [0.15, 0.2) is 9.84 Å². The van der Waals surface area contributed by atoms with Crippen molar-refractivity contribution < 1.29 is 12.8 Å². The number of nitrogens with zero attached hydrogens (tertiary/aromatic N) is 1. The molecule has 0 amide bonds. The number of imidazole rings is 1. The summed E-state index contributed by atoms with van der Waals surface area (Å²) in [6.45, 7) is 0. The molecule has 0 aliphatic rings. The lowest BCUT2D eigenvalue weighted by Crippen LogP contribution is -1.96. The molecule has 6 heteroatoms. The van der Waals surface area contributed by atoms with Crippen molar-refractivity contribution in [3.8, 4) is 22.5 Å². The Kier molecular flexibility index (Phi) is 3.85. The van der Waals surface area contributed by atoms with E-state index in [4.69, 9.17) is 0 Å². The normalized spacial score (nSPS) is 11.8. The Bertz CT molecular complexity index is 1200. The van der Waals surface area contributed by atoms with Gasteiger partial charge in [0.05, 0.1) is 15.9 Å². The first-order chi connectivity index (χ1) is 12.4. The van der Waals surface area contributed by atoms with E-state index in [1.165, 1.54) is 18.4 Å². The first kappa shape index (κ1) is 16.5. The summed E-state index contributed by atoms with van der Waals surface area (Å²) in [6, 6.07) is 18.9. The summed E-state index contributed by atoms with van der Waals surface area (Å²) in [6.07, 6.45) is 1.18. The van der Waals surface area contributed by atoms with Crippen molar-refractivity contribution in [2.45, 2.75) is 4.90 Å². The third-order valence-electron chi connectivity index (χ3n) is 4.22. The standard InChI is InChI=1S/C20H15FN2O2S/c1-26(24,25)17-10-11-18-19(12-17)23-20(22-18)15-4-2-13(3-5-15)14-6-8-16(21)9-7-14/h2-12H,1H3,(H,22,23). The van der Waals surface area contributed by atoms with E-state index in [9.17, 15) is 12.8 Å². The summed E-state index contributed by atoms with van der Waals surface area (Å²) in [5, 5.41) is 0. The van der Waals surface area contributed by atoms with Crippen LogP contribution in [0.2, 0.25) is 0 Å². The molecule has 0 aliphatic heterocycles. The Morgan fingerprint density at radius 3 is 2.04 bits per heavy atom. The van der Waals surface area contributed by atoms with Gasteiger partial charge in [-0.15, -0.1) is 0 Å². The number of hydrogen-bond acceptors (Lipinski definition) is 3. The highest BCUT2D eigenvalue weighted by Gasteiger charge is 2.11. The zero-order valence-corrected chi connectivity index (χ0v) is 14.7. The van der Waals surface area contributed by atoms with E-state index in [2.05, 4.69) is 9.97 Å². The van der Waals surface area contributed by atoms with Crippen LogP contribution in [0.25, 0.3) is 33.5 Å². The van der Waals surface area contributed by atoms with Gasteiger partial charge in [0, 0.05) is 11.8 Å². The third-order valence-corrected chi connectivity index (χ3v) is 5.33. The number of benzene rings is 3. The number of aromatic nitrogens is 2. The molecular formula is C20H15FN2O2S. The van der Waals surface area contributed by atoms with Crippen molar-refractivity contribution in [3.05, 3.63) is 72.5 Å². The monoisotopic (exact) mass is 366 g/mol. The van der Waals surface area contributed by atoms with Crippen LogP contribution in [0.5, 0.6) is 0 Å². The molecule has 0 atom stereocenters. The van der Waals surface area contributed by atoms with Crippen LogP contribution in [0.15, 0.2) is 71.6 Å². The van der Waals surface area contributed by atoms with Gasteiger partial charge in [0.1, 0.15) is 11.6 Å². The molecule has 0 aliphatic carbocycles. The number of fused-ring (bicyclic) bond motifs is 1. The second kappa shape index (κ2) is 6.07. The van der Waals surface area contributed by atoms with Gasteiger partial charge in [0.2, 0.25) is 0 Å². The summed E-state index contributed by atoms with van der Waals surface area (Å²) in [7, 11) is -3.26. The molecule has 0 spiro atoms. The number of aromatic amines is 1. The maximum absolute atomic E-state index is 13.0. The second-order valence-electron chi connectivity index (χ2n) is 6.12. The molecular weight excluding hydrogens is 351 g/mol. The van der Waals surface area contributed by atoms with E-state index in [0.717, 1.165) is 16.7 Å². The Morgan fingerprint density at radius 1 is 0.846 bits per heavy atom. The quantitative estimate of drug-likeness (QED) is 0.583. The summed E-state index contributed by atoms with van der Waals surface area (Å²) < 4.78 is 36.4. The molecule has 4 nitrogen and oxygen atoms in total. The number of halogens is 1. The Morgan fingerprint density at radius 2 is 1.42 bits per heavy atom. The van der Waals surface area contributed by atoms with Gasteiger partial charge >= 0.3 is 0 Å². The van der Waals surface area contributed by atoms with Crippen molar-refractivity contribution in [1.29, 1.82) is 0 Å². The van der Waals surface area contributed by atoms with E-state index in [0.29, 0.717) is 16.9 Å². The van der Waals surface area contributed by atoms with E-state index < -0.39 is 9.84 Å². The Labute approximate surface area is 150 Å². The summed E-state index contributed by atoms with van der Waals surface area (Å²) in [4.78, 5) is 7.94. The van der Waals surface area contributed by atoms with Crippen LogP contribution in [0, 0.1) is 5.82 Å². The second-order valence-corrected chi connectivity index (χ2v) is 8.14. The smallest absolute Gasteiger partial charge is 0.175 e. The van der Waals surface area contributed by atoms with Crippen LogP contribution in [-0.2, 0) is 9.84 Å². The van der Waals surface area contributed by atoms with Gasteiger partial charge in [-0.05, 0) is 41.5 Å². The SMILES string of the molecule is CS(=O)(=O)c1ccc2nc(-c3ccc(-c4ccc(F)cc4)cc3)[nH]c2c1. The van der Waals surface area contributed by atoms with Gasteiger partial charge in [-0.3, -0.25) is 0 Å². The molecule has 3 aromatic carbocycles. The van der Waals surface area contributed by atoms with Gasteiger partial charge in [-0.1, -0.05) is 36.4 Å². The van der Waals surface area contributed by atoms with E-state index in [1.807, 2.05) is 24.3 Å². The van der Waals surface area contributed by atoms with E-state index in [1.54, 1.807) is 30.3 Å². The molecule has 1 N–H and O–H groups in total. The highest BCUT2D eigenvalue weighted by molar-refractivity contribution is 7.90. The van der Waals surface area contributed by atoms with Crippen LogP contribution in [-0.4, -0.2) is 24.6 Å². The number of nitrogens with one attached hydrogen (secondary N) is 1. The first-order valence-corrected chi connectivity index (χ1v) is 9.85. The molecule has 1 aromatic heterocycles. The molecule has 4 aromatic rings. The first-order valence-electron chi connectivity index (χ1n) is 7.96. The number of rotatable bonds is 3. The molecule has 26 heavy (non-hydrogen) atoms. The molecule has 0 saturated heterocycles. The fraction of sp³-hybridized carbons (Fsp3) is 0.0500. The highest BCUT2D eigenvalue weighted by atomic mass is 32.2. The van der Waals surface area contributed by atoms with E-state index in [-0.39, 0.29) is 10.7 Å². The average Bonchev–Trinajstić information content (AvgIpc) is 3.05. The summed E-state index contributed by atoms with van der Waals surface area (Å²) in [5.41, 5.74) is 4.16. The molecule has 0 bridgehead atoms. The van der Waals surface area contributed by atoms with Crippen molar-refractivity contribution in [2.75, 3.05) is 6.26 Å². The largest absolute Gasteiger partial charge is 0.338 e. The van der Waals surface area contributed by atoms with Crippen molar-refractivity contribution in [2.24, 2.45) is 0 Å². The number of sulfone groups is 1. The topological polar surface area (TPSA) is 62.8 Å². The Balaban J connectivity index is 1.70. The minimum atomic E-state index is -3.26. The van der Waals surface area contributed by atoms with Gasteiger partial charge in [0.25, 0.3) is 0 Å². The van der Waals surface area contributed by atoms with Gasteiger partial charge < -0.3 is 4.98 Å². The minimum Gasteiger partial charge on any atom is -0.338 e. The van der Waals surface area contributed by atoms with E-state index >= 15 is 0 Å². The summed E-state index contributed by atoms with van der Waals surface area (Å²) >= 11 is 0. The zero-order valence-electron chi connectivity index (χ0n) is 13.9. The Hall–Kier alpha value is -2.99. The predicted octanol–water partition coefficient (Wildman–Crippen LogP) is 4.44. The van der Waals surface area contributed by atoms with Crippen molar-refractivity contribution in [3.63, 3.8) is 0 Å². The molecule has 4 rings (SSSR count). The fourth-order valence-corrected chi connectivity index (χ4v) is 3.47. The predicted molar refractivity (Wildman–Crippen MR) is 100 cm³/mol. The molecule has 0 radical (unpaired) electrons. The highest BCUT2D eigenvalue weighted by Crippen LogP contribution is 2.26. The third kappa shape index (κ3) is 3.11. The number of hydrogen-bond donors (Lipinski definition) is 1. The van der Waals surface area contributed by atoms with Crippen LogP contribution < -0.4 is 0 Å². The van der Waals surface area contributed by atoms with Crippen LogP contribution >= 0.6 is 0 Å². The van der Waals surface area contributed by atoms with Crippen molar-refractivity contribution >= 4 is 20.9 Å².